The standard InChI is InChI=1S/C18H28N2O3.ClH/c1-22-16-7-5-14(12-17(16)23-2)6-8-18(21)20-11-9-15-4-3-10-19-13-15;/h5,7,12,15,19H,3-4,6,8-11,13H2,1-2H3,(H,20,21);1H. The molecule has 1 amide bonds. The first-order chi connectivity index (χ1) is 11.2. The molecule has 1 fully saturated rings. The van der Waals surface area contributed by atoms with E-state index >= 15 is 0 Å². The Morgan fingerprint density at radius 2 is 2.08 bits per heavy atom. The van der Waals surface area contributed by atoms with Crippen molar-refractivity contribution in [1.82, 2.24) is 10.6 Å². The number of hydrogen-bond donors (Lipinski definition) is 2. The summed E-state index contributed by atoms with van der Waals surface area (Å²) in [5, 5.41) is 6.43. The molecule has 1 saturated heterocycles. The van der Waals surface area contributed by atoms with Crippen LogP contribution in [0.15, 0.2) is 18.2 Å². The number of methoxy groups -OCH3 is 2. The Kier molecular flexibility index (Phi) is 9.57. The largest absolute Gasteiger partial charge is 0.493 e. The van der Waals surface area contributed by atoms with Crippen LogP contribution in [0.1, 0.15) is 31.2 Å². The number of carbonyl (C=O) groups is 1. The zero-order chi connectivity index (χ0) is 16.5. The van der Waals surface area contributed by atoms with E-state index in [0.29, 0.717) is 30.3 Å². The molecule has 5 nitrogen and oxygen atoms in total. The minimum Gasteiger partial charge on any atom is -0.493 e. The van der Waals surface area contributed by atoms with Crippen molar-refractivity contribution in [2.75, 3.05) is 33.9 Å². The number of amides is 1. The summed E-state index contributed by atoms with van der Waals surface area (Å²) in [6, 6.07) is 5.78. The fourth-order valence-electron chi connectivity index (χ4n) is 2.97. The molecule has 0 saturated carbocycles. The summed E-state index contributed by atoms with van der Waals surface area (Å²) >= 11 is 0. The van der Waals surface area contributed by atoms with E-state index in [4.69, 9.17) is 9.47 Å². The number of aryl methyl sites for hydroxylation is 1. The lowest BCUT2D eigenvalue weighted by Gasteiger charge is -2.22. The predicted molar refractivity (Wildman–Crippen MR) is 98.3 cm³/mol. The Balaban J connectivity index is 0.00000288. The Hall–Kier alpha value is -1.46. The summed E-state index contributed by atoms with van der Waals surface area (Å²) in [5.41, 5.74) is 1.08. The summed E-state index contributed by atoms with van der Waals surface area (Å²) in [4.78, 5) is 12.0. The Labute approximate surface area is 150 Å². The van der Waals surface area contributed by atoms with Gasteiger partial charge in [-0.1, -0.05) is 6.07 Å². The number of halogens is 1. The molecule has 1 heterocycles. The molecule has 136 valence electrons. The molecule has 0 aromatic heterocycles. The number of benzene rings is 1. The van der Waals surface area contributed by atoms with Crippen LogP contribution < -0.4 is 20.1 Å². The van der Waals surface area contributed by atoms with E-state index in [-0.39, 0.29) is 18.3 Å². The van der Waals surface area contributed by atoms with E-state index in [1.54, 1.807) is 14.2 Å². The van der Waals surface area contributed by atoms with Crippen LogP contribution in [0, 0.1) is 5.92 Å². The molecule has 0 radical (unpaired) electrons. The third kappa shape index (κ3) is 6.57. The smallest absolute Gasteiger partial charge is 0.220 e. The van der Waals surface area contributed by atoms with E-state index in [9.17, 15) is 4.79 Å². The van der Waals surface area contributed by atoms with Crippen molar-refractivity contribution in [3.05, 3.63) is 23.8 Å². The van der Waals surface area contributed by atoms with Crippen molar-refractivity contribution in [2.24, 2.45) is 5.92 Å². The lowest BCUT2D eigenvalue weighted by atomic mass is 9.96. The van der Waals surface area contributed by atoms with Crippen LogP contribution in [0.2, 0.25) is 0 Å². The van der Waals surface area contributed by atoms with Crippen LogP contribution in [0.5, 0.6) is 11.5 Å². The van der Waals surface area contributed by atoms with Gasteiger partial charge in [0, 0.05) is 13.0 Å². The summed E-state index contributed by atoms with van der Waals surface area (Å²) in [7, 11) is 3.24. The number of hydrogen-bond acceptors (Lipinski definition) is 4. The normalized spacial score (nSPS) is 16.8. The van der Waals surface area contributed by atoms with Crippen LogP contribution >= 0.6 is 12.4 Å². The highest BCUT2D eigenvalue weighted by Gasteiger charge is 2.13. The maximum absolute atomic E-state index is 12.0. The van der Waals surface area contributed by atoms with Gasteiger partial charge in [-0.3, -0.25) is 4.79 Å². The van der Waals surface area contributed by atoms with Crippen LogP contribution in [-0.4, -0.2) is 39.8 Å². The second kappa shape index (κ2) is 11.2. The molecule has 2 N–H and O–H groups in total. The van der Waals surface area contributed by atoms with Gasteiger partial charge in [-0.25, -0.2) is 0 Å². The summed E-state index contributed by atoms with van der Waals surface area (Å²) in [5.74, 6) is 2.23. The molecule has 1 unspecified atom stereocenters. The highest BCUT2D eigenvalue weighted by atomic mass is 35.5. The van der Waals surface area contributed by atoms with Crippen LogP contribution in [0.3, 0.4) is 0 Å². The maximum atomic E-state index is 12.0. The second-order valence-electron chi connectivity index (χ2n) is 6.04. The first-order valence-electron chi connectivity index (χ1n) is 8.41. The molecule has 24 heavy (non-hydrogen) atoms. The van der Waals surface area contributed by atoms with Crippen LogP contribution in [-0.2, 0) is 11.2 Å². The predicted octanol–water partition coefficient (Wildman–Crippen LogP) is 2.56. The first-order valence-corrected chi connectivity index (χ1v) is 8.41. The van der Waals surface area contributed by atoms with Crippen molar-refractivity contribution in [1.29, 1.82) is 0 Å². The molecular formula is C18H29ClN2O3. The summed E-state index contributed by atoms with van der Waals surface area (Å²) in [6.07, 6.45) is 4.79. The SMILES string of the molecule is COc1ccc(CCC(=O)NCCC2CCCNC2)cc1OC.Cl. The molecule has 2 rings (SSSR count). The zero-order valence-corrected chi connectivity index (χ0v) is 15.4. The highest BCUT2D eigenvalue weighted by molar-refractivity contribution is 5.85. The quantitative estimate of drug-likeness (QED) is 0.751. The van der Waals surface area contributed by atoms with Crippen LogP contribution in [0.4, 0.5) is 0 Å². The van der Waals surface area contributed by atoms with Crippen LogP contribution in [0.25, 0.3) is 0 Å². The molecule has 1 atom stereocenters. The van der Waals surface area contributed by atoms with Gasteiger partial charge in [0.15, 0.2) is 11.5 Å². The summed E-state index contributed by atoms with van der Waals surface area (Å²) in [6.45, 7) is 2.99. The maximum Gasteiger partial charge on any atom is 0.220 e. The molecule has 1 aromatic rings. The lowest BCUT2D eigenvalue weighted by molar-refractivity contribution is -0.121. The summed E-state index contributed by atoms with van der Waals surface area (Å²) < 4.78 is 10.5. The number of nitrogens with one attached hydrogen (secondary N) is 2. The van der Waals surface area contributed by atoms with Crippen molar-refractivity contribution in [3.8, 4) is 11.5 Å². The fraction of sp³-hybridized carbons (Fsp3) is 0.611. The van der Waals surface area contributed by atoms with Gasteiger partial charge in [-0.15, -0.1) is 12.4 Å². The van der Waals surface area contributed by atoms with Crippen molar-refractivity contribution in [3.63, 3.8) is 0 Å². The monoisotopic (exact) mass is 356 g/mol. The number of piperidine rings is 1. The number of rotatable bonds is 8. The topological polar surface area (TPSA) is 59.6 Å². The van der Waals surface area contributed by atoms with Crippen molar-refractivity contribution in [2.45, 2.75) is 32.1 Å². The highest BCUT2D eigenvalue weighted by Crippen LogP contribution is 2.27. The Morgan fingerprint density at radius 1 is 1.29 bits per heavy atom. The minimum atomic E-state index is 0. The van der Waals surface area contributed by atoms with E-state index in [1.165, 1.54) is 12.8 Å². The van der Waals surface area contributed by atoms with Gasteiger partial charge in [0.05, 0.1) is 14.2 Å². The van der Waals surface area contributed by atoms with Gasteiger partial charge in [-0.05, 0) is 62.4 Å². The second-order valence-corrected chi connectivity index (χ2v) is 6.04. The van der Waals surface area contributed by atoms with Crippen molar-refractivity contribution >= 4 is 18.3 Å². The molecule has 1 aromatic carbocycles. The fourth-order valence-corrected chi connectivity index (χ4v) is 2.97. The zero-order valence-electron chi connectivity index (χ0n) is 14.6. The molecular weight excluding hydrogens is 328 g/mol. The van der Waals surface area contributed by atoms with Gasteiger partial charge in [-0.2, -0.15) is 0 Å². The van der Waals surface area contributed by atoms with E-state index < -0.39 is 0 Å². The first kappa shape index (κ1) is 20.6. The van der Waals surface area contributed by atoms with E-state index in [2.05, 4.69) is 10.6 Å². The van der Waals surface area contributed by atoms with E-state index in [1.807, 2.05) is 18.2 Å². The van der Waals surface area contributed by atoms with Gasteiger partial charge in [0.25, 0.3) is 0 Å². The number of ether oxygens (including phenoxy) is 2. The van der Waals surface area contributed by atoms with Gasteiger partial charge < -0.3 is 20.1 Å². The van der Waals surface area contributed by atoms with E-state index in [0.717, 1.165) is 31.6 Å². The average molecular weight is 357 g/mol. The minimum absolute atomic E-state index is 0. The Morgan fingerprint density at radius 3 is 2.75 bits per heavy atom. The van der Waals surface area contributed by atoms with Gasteiger partial charge in [0.1, 0.15) is 0 Å². The molecule has 6 heteroatoms. The molecule has 1 aliphatic rings. The molecule has 0 spiro atoms. The van der Waals surface area contributed by atoms with Gasteiger partial charge >= 0.3 is 0 Å². The molecule has 1 aliphatic heterocycles. The lowest BCUT2D eigenvalue weighted by Crippen LogP contribution is -2.33. The Bertz CT molecular complexity index is 505. The number of carbonyl (C=O) groups excluding carboxylic acids is 1. The van der Waals surface area contributed by atoms with Crippen molar-refractivity contribution < 1.29 is 14.3 Å². The molecule has 0 aliphatic carbocycles. The average Bonchev–Trinajstić information content (AvgIpc) is 2.60. The molecule has 0 bridgehead atoms. The third-order valence-corrected chi connectivity index (χ3v) is 4.36. The third-order valence-electron chi connectivity index (χ3n) is 4.36. The van der Waals surface area contributed by atoms with Gasteiger partial charge in [0.2, 0.25) is 5.91 Å².